The number of H-pyrrole nitrogens is 1. The number of aromatic hydroxyl groups is 1. The summed E-state index contributed by atoms with van der Waals surface area (Å²) < 4.78 is 0.919. The van der Waals surface area contributed by atoms with Crippen LogP contribution in [0.25, 0.3) is 11.4 Å². The first kappa shape index (κ1) is 10.2. The molecule has 0 unspecified atom stereocenters. The Bertz CT molecular complexity index is 486. The summed E-state index contributed by atoms with van der Waals surface area (Å²) in [5.74, 6) is 0.927. The quantitative estimate of drug-likeness (QED) is 0.833. The van der Waals surface area contributed by atoms with Crippen LogP contribution in [0.1, 0.15) is 11.4 Å². The molecule has 0 bridgehead atoms. The molecule has 1 aromatic carbocycles. The van der Waals surface area contributed by atoms with Crippen molar-refractivity contribution in [1.82, 2.24) is 9.97 Å². The van der Waals surface area contributed by atoms with Gasteiger partial charge in [0.05, 0.1) is 11.3 Å². The molecule has 2 N–H and O–H groups in total. The van der Waals surface area contributed by atoms with Gasteiger partial charge in [0.25, 0.3) is 0 Å². The molecule has 0 saturated heterocycles. The summed E-state index contributed by atoms with van der Waals surface area (Å²) >= 11 is 3.37. The number of aromatic nitrogens is 2. The number of phenolic OH excluding ortho intramolecular Hbond substituents is 1. The van der Waals surface area contributed by atoms with E-state index in [0.29, 0.717) is 11.4 Å². The second-order valence-corrected chi connectivity index (χ2v) is 4.37. The molecule has 4 heteroatoms. The Hall–Kier alpha value is -1.29. The predicted octanol–water partition coefficient (Wildman–Crippen LogP) is 3.16. The number of hydrogen-bond acceptors (Lipinski definition) is 2. The fourth-order valence-electron chi connectivity index (χ4n) is 1.37. The van der Waals surface area contributed by atoms with Crippen LogP contribution >= 0.6 is 15.9 Å². The molecule has 0 radical (unpaired) electrons. The molecule has 3 nitrogen and oxygen atoms in total. The lowest BCUT2D eigenvalue weighted by Gasteiger charge is -2.01. The van der Waals surface area contributed by atoms with E-state index in [9.17, 15) is 5.11 Å². The molecular formula is C11H11BrN2O. The van der Waals surface area contributed by atoms with Crippen LogP contribution in [-0.4, -0.2) is 15.1 Å². The third-order valence-electron chi connectivity index (χ3n) is 2.34. The smallest absolute Gasteiger partial charge is 0.141 e. The zero-order valence-corrected chi connectivity index (χ0v) is 10.1. The molecule has 0 aliphatic carbocycles. The lowest BCUT2D eigenvalue weighted by Crippen LogP contribution is -1.82. The van der Waals surface area contributed by atoms with Gasteiger partial charge in [-0.2, -0.15) is 0 Å². The molecule has 2 rings (SSSR count). The number of benzene rings is 1. The van der Waals surface area contributed by atoms with Gasteiger partial charge in [0.15, 0.2) is 0 Å². The van der Waals surface area contributed by atoms with E-state index in [-0.39, 0.29) is 5.75 Å². The Morgan fingerprint density at radius 1 is 1.33 bits per heavy atom. The highest BCUT2D eigenvalue weighted by Gasteiger charge is 2.09. The summed E-state index contributed by atoms with van der Waals surface area (Å²) in [7, 11) is 0. The Balaban J connectivity index is 2.58. The number of halogens is 1. The van der Waals surface area contributed by atoms with E-state index < -0.39 is 0 Å². The third kappa shape index (κ3) is 1.90. The molecule has 0 atom stereocenters. The van der Waals surface area contributed by atoms with E-state index in [1.807, 2.05) is 19.9 Å². The molecule has 15 heavy (non-hydrogen) atoms. The summed E-state index contributed by atoms with van der Waals surface area (Å²) in [6.07, 6.45) is 0. The van der Waals surface area contributed by atoms with Crippen molar-refractivity contribution >= 4 is 15.9 Å². The minimum atomic E-state index is 0.229. The predicted molar refractivity (Wildman–Crippen MR) is 62.9 cm³/mol. The van der Waals surface area contributed by atoms with Crippen molar-refractivity contribution in [2.75, 3.05) is 0 Å². The number of imidazole rings is 1. The SMILES string of the molecule is Cc1nc(-c2cc(Br)ccc2O)[nH]c1C. The van der Waals surface area contributed by atoms with Gasteiger partial charge in [-0.25, -0.2) is 4.98 Å². The third-order valence-corrected chi connectivity index (χ3v) is 2.84. The van der Waals surface area contributed by atoms with E-state index in [4.69, 9.17) is 0 Å². The molecule has 0 aliphatic heterocycles. The Morgan fingerprint density at radius 3 is 2.67 bits per heavy atom. The normalized spacial score (nSPS) is 10.6. The Morgan fingerprint density at radius 2 is 2.07 bits per heavy atom. The van der Waals surface area contributed by atoms with Crippen LogP contribution in [0.4, 0.5) is 0 Å². The summed E-state index contributed by atoms with van der Waals surface area (Å²) in [6, 6.07) is 5.28. The Labute approximate surface area is 96.3 Å². The average molecular weight is 267 g/mol. The van der Waals surface area contributed by atoms with Crippen LogP contribution in [0.15, 0.2) is 22.7 Å². The highest BCUT2D eigenvalue weighted by Crippen LogP contribution is 2.30. The van der Waals surface area contributed by atoms with E-state index in [1.165, 1.54) is 0 Å². The molecule has 1 aromatic heterocycles. The van der Waals surface area contributed by atoms with Gasteiger partial charge in [-0.15, -0.1) is 0 Å². The van der Waals surface area contributed by atoms with Crippen molar-refractivity contribution in [3.63, 3.8) is 0 Å². The summed E-state index contributed by atoms with van der Waals surface area (Å²) in [5.41, 5.74) is 2.68. The maximum absolute atomic E-state index is 9.71. The number of aromatic amines is 1. The van der Waals surface area contributed by atoms with E-state index >= 15 is 0 Å². The van der Waals surface area contributed by atoms with Crippen molar-refractivity contribution in [2.24, 2.45) is 0 Å². The second kappa shape index (κ2) is 3.70. The first-order valence-electron chi connectivity index (χ1n) is 4.60. The molecule has 0 saturated carbocycles. The topological polar surface area (TPSA) is 48.9 Å². The van der Waals surface area contributed by atoms with Gasteiger partial charge in [-0.1, -0.05) is 15.9 Å². The molecule has 0 fully saturated rings. The molecule has 0 spiro atoms. The van der Waals surface area contributed by atoms with Crippen molar-refractivity contribution < 1.29 is 5.11 Å². The minimum absolute atomic E-state index is 0.229. The lowest BCUT2D eigenvalue weighted by molar-refractivity contribution is 0.477. The zero-order chi connectivity index (χ0) is 11.0. The number of nitrogens with zero attached hydrogens (tertiary/aromatic N) is 1. The summed E-state index contributed by atoms with van der Waals surface area (Å²) in [4.78, 5) is 7.48. The highest BCUT2D eigenvalue weighted by atomic mass is 79.9. The zero-order valence-electron chi connectivity index (χ0n) is 8.50. The standard InChI is InChI=1S/C11H11BrN2O/c1-6-7(2)14-11(13-6)9-5-8(12)3-4-10(9)15/h3-5,15H,1-2H3,(H,13,14). The van der Waals surface area contributed by atoms with E-state index in [0.717, 1.165) is 15.9 Å². The molecule has 1 heterocycles. The fraction of sp³-hybridized carbons (Fsp3) is 0.182. The van der Waals surface area contributed by atoms with Gasteiger partial charge in [0.2, 0.25) is 0 Å². The molecule has 78 valence electrons. The summed E-state index contributed by atoms with van der Waals surface area (Å²) in [6.45, 7) is 3.89. The maximum atomic E-state index is 9.71. The van der Waals surface area contributed by atoms with Gasteiger partial charge < -0.3 is 10.1 Å². The van der Waals surface area contributed by atoms with Crippen LogP contribution in [0, 0.1) is 13.8 Å². The molecule has 0 aliphatic rings. The van der Waals surface area contributed by atoms with Crippen LogP contribution in [0.2, 0.25) is 0 Å². The number of aryl methyl sites for hydroxylation is 2. The monoisotopic (exact) mass is 266 g/mol. The van der Waals surface area contributed by atoms with E-state index in [1.54, 1.807) is 12.1 Å². The Kier molecular flexibility index (Phi) is 2.52. The molecule has 2 aromatic rings. The number of rotatable bonds is 1. The van der Waals surface area contributed by atoms with Crippen molar-refractivity contribution in [2.45, 2.75) is 13.8 Å². The van der Waals surface area contributed by atoms with Crippen LogP contribution in [-0.2, 0) is 0 Å². The van der Waals surface area contributed by atoms with Gasteiger partial charge in [-0.05, 0) is 32.0 Å². The average Bonchev–Trinajstić information content (AvgIpc) is 2.51. The largest absolute Gasteiger partial charge is 0.507 e. The van der Waals surface area contributed by atoms with Gasteiger partial charge in [0, 0.05) is 10.2 Å². The summed E-state index contributed by atoms with van der Waals surface area (Å²) in [5, 5.41) is 9.71. The number of hydrogen-bond donors (Lipinski definition) is 2. The second-order valence-electron chi connectivity index (χ2n) is 3.46. The van der Waals surface area contributed by atoms with E-state index in [2.05, 4.69) is 25.9 Å². The van der Waals surface area contributed by atoms with Crippen LogP contribution in [0.5, 0.6) is 5.75 Å². The highest BCUT2D eigenvalue weighted by molar-refractivity contribution is 9.10. The van der Waals surface area contributed by atoms with Crippen LogP contribution in [0.3, 0.4) is 0 Å². The van der Waals surface area contributed by atoms with Crippen molar-refractivity contribution in [3.05, 3.63) is 34.1 Å². The number of nitrogens with one attached hydrogen (secondary N) is 1. The number of phenols is 1. The first-order valence-corrected chi connectivity index (χ1v) is 5.39. The first-order chi connectivity index (χ1) is 7.08. The molecular weight excluding hydrogens is 256 g/mol. The van der Waals surface area contributed by atoms with Gasteiger partial charge >= 0.3 is 0 Å². The van der Waals surface area contributed by atoms with Crippen LogP contribution < -0.4 is 0 Å². The lowest BCUT2D eigenvalue weighted by atomic mass is 10.2. The maximum Gasteiger partial charge on any atom is 0.141 e. The van der Waals surface area contributed by atoms with Crippen molar-refractivity contribution in [1.29, 1.82) is 0 Å². The fourth-order valence-corrected chi connectivity index (χ4v) is 1.73. The molecule has 0 amide bonds. The van der Waals surface area contributed by atoms with Crippen molar-refractivity contribution in [3.8, 4) is 17.1 Å². The van der Waals surface area contributed by atoms with Gasteiger partial charge in [0.1, 0.15) is 11.6 Å². The van der Waals surface area contributed by atoms with Gasteiger partial charge in [-0.3, -0.25) is 0 Å². The minimum Gasteiger partial charge on any atom is -0.507 e.